The highest BCUT2D eigenvalue weighted by molar-refractivity contribution is 5.75. The molecule has 0 unspecified atom stereocenters. The van der Waals surface area contributed by atoms with E-state index in [1.54, 1.807) is 38.2 Å². The summed E-state index contributed by atoms with van der Waals surface area (Å²) in [6.07, 6.45) is 0. The van der Waals surface area contributed by atoms with Crippen molar-refractivity contribution in [2.75, 3.05) is 31.1 Å². The average molecular weight is 403 g/mol. The average Bonchev–Trinajstić information content (AvgIpc) is 3.15. The van der Waals surface area contributed by atoms with Gasteiger partial charge < -0.3 is 15.0 Å². The van der Waals surface area contributed by atoms with Gasteiger partial charge in [0.2, 0.25) is 5.95 Å². The van der Waals surface area contributed by atoms with Gasteiger partial charge in [0.1, 0.15) is 5.75 Å². The zero-order chi connectivity index (χ0) is 21.1. The molecule has 0 aliphatic carbocycles. The van der Waals surface area contributed by atoms with Crippen molar-refractivity contribution in [2.24, 2.45) is 7.05 Å². The van der Waals surface area contributed by atoms with E-state index in [1.807, 2.05) is 4.57 Å². The molecule has 1 saturated heterocycles. The largest absolute Gasteiger partial charge is 0.425 e. The van der Waals surface area contributed by atoms with E-state index in [9.17, 15) is 4.79 Å². The number of fused-ring (bicyclic) bond motifs is 1. The summed E-state index contributed by atoms with van der Waals surface area (Å²) in [5.41, 5.74) is 0.906. The van der Waals surface area contributed by atoms with Crippen LogP contribution in [0.1, 0.15) is 12.5 Å². The van der Waals surface area contributed by atoms with Gasteiger partial charge in [-0.15, -0.1) is 5.92 Å². The number of nitriles is 1. The Morgan fingerprint density at radius 2 is 2.07 bits per heavy atom. The molecular weight excluding hydrogens is 382 g/mol. The third-order valence-electron chi connectivity index (χ3n) is 4.91. The van der Waals surface area contributed by atoms with Gasteiger partial charge in [-0.25, -0.2) is 0 Å². The van der Waals surface area contributed by atoms with Crippen LogP contribution in [0.15, 0.2) is 29.1 Å². The van der Waals surface area contributed by atoms with E-state index < -0.39 is 0 Å². The second kappa shape index (κ2) is 8.27. The van der Waals surface area contributed by atoms with Gasteiger partial charge in [0.15, 0.2) is 11.2 Å². The number of imidazole rings is 1. The summed E-state index contributed by atoms with van der Waals surface area (Å²) in [5, 5.41) is 12.4. The van der Waals surface area contributed by atoms with E-state index in [-0.39, 0.29) is 11.6 Å². The second-order valence-electron chi connectivity index (χ2n) is 6.83. The smallest absolute Gasteiger partial charge is 0.306 e. The Kier molecular flexibility index (Phi) is 5.38. The number of rotatable bonds is 4. The monoisotopic (exact) mass is 403 g/mol. The molecule has 1 aromatic carbocycles. The van der Waals surface area contributed by atoms with Gasteiger partial charge in [0.25, 0.3) is 5.56 Å². The Bertz CT molecular complexity index is 1250. The zero-order valence-electron chi connectivity index (χ0n) is 16.8. The minimum atomic E-state index is -0.266. The van der Waals surface area contributed by atoms with Gasteiger partial charge in [-0.3, -0.25) is 13.9 Å². The number of nitrogens with one attached hydrogen (secondary N) is 1. The lowest BCUT2D eigenvalue weighted by Gasteiger charge is -2.28. The third-order valence-corrected chi connectivity index (χ3v) is 4.91. The maximum absolute atomic E-state index is 13.2. The van der Waals surface area contributed by atoms with E-state index in [0.29, 0.717) is 35.0 Å². The summed E-state index contributed by atoms with van der Waals surface area (Å²) in [5.74, 6) is 7.02. The Hall–Kier alpha value is -3.82. The molecule has 9 nitrogen and oxygen atoms in total. The van der Waals surface area contributed by atoms with Crippen molar-refractivity contribution in [3.63, 3.8) is 0 Å². The molecule has 152 valence electrons. The minimum Gasteiger partial charge on any atom is -0.425 e. The van der Waals surface area contributed by atoms with Crippen LogP contribution < -0.4 is 20.5 Å². The van der Waals surface area contributed by atoms with Crippen molar-refractivity contribution in [2.45, 2.75) is 13.5 Å². The molecule has 30 heavy (non-hydrogen) atoms. The maximum Gasteiger partial charge on any atom is 0.306 e. The van der Waals surface area contributed by atoms with Gasteiger partial charge in [0, 0.05) is 33.2 Å². The van der Waals surface area contributed by atoms with E-state index in [4.69, 9.17) is 10.00 Å². The SMILES string of the molecule is CC#CCn1c(N2CCNCC2)nc2nc(Oc3cccc(C#N)c3)n(C)c(=O)c21. The first kappa shape index (κ1) is 19.5. The van der Waals surface area contributed by atoms with E-state index in [2.05, 4.69) is 38.1 Å². The Morgan fingerprint density at radius 1 is 1.27 bits per heavy atom. The molecule has 1 fully saturated rings. The van der Waals surface area contributed by atoms with Crippen molar-refractivity contribution in [3.05, 3.63) is 40.2 Å². The molecule has 0 radical (unpaired) electrons. The standard InChI is InChI=1S/C21H21N7O2/c1-3-4-10-28-17-18(24-20(28)27-11-8-23-9-12-27)25-21(26(2)19(17)29)30-16-7-5-6-15(13-16)14-22/h5-7,13,23H,8-12H2,1-2H3. The number of piperazine rings is 1. The first-order chi connectivity index (χ1) is 14.6. The van der Waals surface area contributed by atoms with Crippen molar-refractivity contribution in [1.29, 1.82) is 5.26 Å². The number of hydrogen-bond donors (Lipinski definition) is 1. The van der Waals surface area contributed by atoms with E-state index >= 15 is 0 Å². The fourth-order valence-electron chi connectivity index (χ4n) is 3.37. The van der Waals surface area contributed by atoms with Gasteiger partial charge in [-0.05, 0) is 25.1 Å². The molecule has 1 N–H and O–H groups in total. The highest BCUT2D eigenvalue weighted by atomic mass is 16.5. The summed E-state index contributed by atoms with van der Waals surface area (Å²) in [7, 11) is 1.60. The van der Waals surface area contributed by atoms with Crippen LogP contribution in [0.2, 0.25) is 0 Å². The molecule has 3 heterocycles. The van der Waals surface area contributed by atoms with Gasteiger partial charge in [-0.1, -0.05) is 12.0 Å². The zero-order valence-corrected chi connectivity index (χ0v) is 16.8. The van der Waals surface area contributed by atoms with Crippen LogP contribution in [0.5, 0.6) is 11.8 Å². The molecule has 9 heteroatoms. The molecule has 1 aliphatic heterocycles. The van der Waals surface area contributed by atoms with Crippen LogP contribution in [0, 0.1) is 23.2 Å². The lowest BCUT2D eigenvalue weighted by atomic mass is 10.2. The summed E-state index contributed by atoms with van der Waals surface area (Å²) < 4.78 is 8.99. The van der Waals surface area contributed by atoms with Gasteiger partial charge in [0.05, 0.1) is 18.2 Å². The minimum absolute atomic E-state index is 0.112. The lowest BCUT2D eigenvalue weighted by molar-refractivity contribution is 0.415. The molecule has 0 amide bonds. The number of benzene rings is 1. The molecule has 4 rings (SSSR count). The highest BCUT2D eigenvalue weighted by Gasteiger charge is 2.23. The number of anilines is 1. The first-order valence-corrected chi connectivity index (χ1v) is 9.63. The third kappa shape index (κ3) is 3.59. The summed E-state index contributed by atoms with van der Waals surface area (Å²) in [4.78, 5) is 24.5. The molecule has 0 atom stereocenters. The summed E-state index contributed by atoms with van der Waals surface area (Å²) in [6, 6.07) is 8.87. The van der Waals surface area contributed by atoms with Crippen LogP contribution >= 0.6 is 0 Å². The van der Waals surface area contributed by atoms with Crippen molar-refractivity contribution >= 4 is 17.1 Å². The summed E-state index contributed by atoms with van der Waals surface area (Å²) in [6.45, 7) is 5.38. The molecule has 2 aromatic heterocycles. The lowest BCUT2D eigenvalue weighted by Crippen LogP contribution is -2.44. The molecule has 1 aliphatic rings. The highest BCUT2D eigenvalue weighted by Crippen LogP contribution is 2.24. The molecule has 3 aromatic rings. The van der Waals surface area contributed by atoms with Crippen LogP contribution in [-0.2, 0) is 13.6 Å². The van der Waals surface area contributed by atoms with Crippen molar-refractivity contribution in [3.8, 4) is 29.7 Å². The molecule has 0 spiro atoms. The fraction of sp³-hybridized carbons (Fsp3) is 0.333. The second-order valence-corrected chi connectivity index (χ2v) is 6.83. The first-order valence-electron chi connectivity index (χ1n) is 9.63. The van der Waals surface area contributed by atoms with Crippen LogP contribution in [0.4, 0.5) is 5.95 Å². The van der Waals surface area contributed by atoms with Gasteiger partial charge in [-0.2, -0.15) is 15.2 Å². The van der Waals surface area contributed by atoms with Crippen LogP contribution in [0.3, 0.4) is 0 Å². The fourth-order valence-corrected chi connectivity index (χ4v) is 3.37. The molecule has 0 bridgehead atoms. The Labute approximate surface area is 173 Å². The summed E-state index contributed by atoms with van der Waals surface area (Å²) >= 11 is 0. The van der Waals surface area contributed by atoms with Crippen molar-refractivity contribution in [1.82, 2.24) is 24.4 Å². The maximum atomic E-state index is 13.2. The Balaban J connectivity index is 1.83. The predicted molar refractivity (Wildman–Crippen MR) is 113 cm³/mol. The van der Waals surface area contributed by atoms with Crippen molar-refractivity contribution < 1.29 is 4.74 Å². The predicted octanol–water partition coefficient (Wildman–Crippen LogP) is 1.23. The van der Waals surface area contributed by atoms with Crippen LogP contribution in [-0.4, -0.2) is 45.3 Å². The Morgan fingerprint density at radius 3 is 2.80 bits per heavy atom. The number of nitrogens with zero attached hydrogens (tertiary/aromatic N) is 6. The number of ether oxygens (including phenoxy) is 1. The van der Waals surface area contributed by atoms with Crippen LogP contribution in [0.25, 0.3) is 11.2 Å². The van der Waals surface area contributed by atoms with Gasteiger partial charge >= 0.3 is 6.01 Å². The number of hydrogen-bond acceptors (Lipinski definition) is 7. The topological polar surface area (TPSA) is 101 Å². The quantitative estimate of drug-likeness (QED) is 0.654. The van der Waals surface area contributed by atoms with E-state index in [0.717, 1.165) is 26.2 Å². The molecular formula is C21H21N7O2. The van der Waals surface area contributed by atoms with E-state index in [1.165, 1.54) is 4.57 Å². The normalized spacial score (nSPS) is 13.6. The number of aromatic nitrogens is 4. The molecule has 0 saturated carbocycles.